The largest absolute Gasteiger partial charge is 0.468 e. The highest BCUT2D eigenvalue weighted by atomic mass is 16.3. The van der Waals surface area contributed by atoms with Crippen molar-refractivity contribution in [2.24, 2.45) is 0 Å². The van der Waals surface area contributed by atoms with Crippen molar-refractivity contribution in [1.29, 1.82) is 0 Å². The molecule has 1 atom stereocenters. The van der Waals surface area contributed by atoms with Crippen LogP contribution in [0, 0.1) is 0 Å². The fourth-order valence-corrected chi connectivity index (χ4v) is 1.47. The number of hydrogen-bond donors (Lipinski definition) is 1. The molecule has 0 spiro atoms. The molecule has 0 aliphatic heterocycles. The third-order valence-electron chi connectivity index (χ3n) is 2.46. The molecule has 80 valence electrons. The van der Waals surface area contributed by atoms with Gasteiger partial charge >= 0.3 is 0 Å². The summed E-state index contributed by atoms with van der Waals surface area (Å²) >= 11 is 0. The van der Waals surface area contributed by atoms with E-state index in [2.05, 4.69) is 31.2 Å². The van der Waals surface area contributed by atoms with Gasteiger partial charge in [-0.15, -0.1) is 0 Å². The zero-order chi connectivity index (χ0) is 10.4. The predicted molar refractivity (Wildman–Crippen MR) is 58.2 cm³/mol. The standard InChI is InChI=1S/C11H20N2O/c1-4-10(13(2)3)8-12-9-11-6-5-7-14-11/h5-7,10,12H,4,8-9H2,1-3H3. The lowest BCUT2D eigenvalue weighted by Crippen LogP contribution is -2.37. The first-order valence-electron chi connectivity index (χ1n) is 5.13. The molecule has 0 fully saturated rings. The fraction of sp³-hybridized carbons (Fsp3) is 0.636. The Bertz CT molecular complexity index is 231. The second-order valence-corrected chi connectivity index (χ2v) is 3.74. The van der Waals surface area contributed by atoms with Crippen LogP contribution in [0.5, 0.6) is 0 Å². The minimum atomic E-state index is 0.602. The van der Waals surface area contributed by atoms with Gasteiger partial charge in [-0.05, 0) is 32.6 Å². The molecule has 1 heterocycles. The second kappa shape index (κ2) is 5.83. The van der Waals surface area contributed by atoms with Crippen LogP contribution in [0.25, 0.3) is 0 Å². The molecule has 1 rings (SSSR count). The third kappa shape index (κ3) is 3.52. The maximum atomic E-state index is 5.23. The van der Waals surface area contributed by atoms with E-state index in [9.17, 15) is 0 Å². The van der Waals surface area contributed by atoms with Crippen LogP contribution in [0.2, 0.25) is 0 Å². The molecule has 0 saturated carbocycles. The van der Waals surface area contributed by atoms with E-state index >= 15 is 0 Å². The first-order chi connectivity index (χ1) is 6.74. The fourth-order valence-electron chi connectivity index (χ4n) is 1.47. The Labute approximate surface area is 86.1 Å². The van der Waals surface area contributed by atoms with E-state index in [-0.39, 0.29) is 0 Å². The van der Waals surface area contributed by atoms with Gasteiger partial charge in [0, 0.05) is 12.6 Å². The van der Waals surface area contributed by atoms with Crippen molar-refractivity contribution in [3.63, 3.8) is 0 Å². The van der Waals surface area contributed by atoms with Crippen molar-refractivity contribution in [2.75, 3.05) is 20.6 Å². The molecule has 0 saturated heterocycles. The van der Waals surface area contributed by atoms with Crippen LogP contribution < -0.4 is 5.32 Å². The molecule has 3 nitrogen and oxygen atoms in total. The van der Waals surface area contributed by atoms with Crippen LogP contribution in [-0.2, 0) is 6.54 Å². The van der Waals surface area contributed by atoms with Gasteiger partial charge in [0.15, 0.2) is 0 Å². The molecule has 0 aromatic carbocycles. The average molecular weight is 196 g/mol. The number of nitrogens with one attached hydrogen (secondary N) is 1. The smallest absolute Gasteiger partial charge is 0.117 e. The highest BCUT2D eigenvalue weighted by Gasteiger charge is 2.07. The summed E-state index contributed by atoms with van der Waals surface area (Å²) in [4.78, 5) is 2.25. The summed E-state index contributed by atoms with van der Waals surface area (Å²) in [5, 5.41) is 3.38. The summed E-state index contributed by atoms with van der Waals surface area (Å²) in [7, 11) is 4.23. The topological polar surface area (TPSA) is 28.4 Å². The number of rotatable bonds is 6. The minimum absolute atomic E-state index is 0.602. The van der Waals surface area contributed by atoms with Gasteiger partial charge in [-0.3, -0.25) is 0 Å². The molecule has 0 aliphatic carbocycles. The minimum Gasteiger partial charge on any atom is -0.468 e. The van der Waals surface area contributed by atoms with Gasteiger partial charge in [0.05, 0.1) is 12.8 Å². The van der Waals surface area contributed by atoms with E-state index < -0.39 is 0 Å². The molecule has 0 aliphatic rings. The summed E-state index contributed by atoms with van der Waals surface area (Å²) in [6.45, 7) is 4.03. The normalized spacial score (nSPS) is 13.4. The second-order valence-electron chi connectivity index (χ2n) is 3.74. The molecular weight excluding hydrogens is 176 g/mol. The Morgan fingerprint density at radius 3 is 2.79 bits per heavy atom. The number of likely N-dealkylation sites (N-methyl/N-ethyl adjacent to an activating group) is 1. The molecule has 14 heavy (non-hydrogen) atoms. The Kier molecular flexibility index (Phi) is 4.70. The lowest BCUT2D eigenvalue weighted by atomic mass is 10.2. The quantitative estimate of drug-likeness (QED) is 0.751. The van der Waals surface area contributed by atoms with E-state index in [1.54, 1.807) is 6.26 Å². The van der Waals surface area contributed by atoms with Crippen LogP contribution in [0.15, 0.2) is 22.8 Å². The van der Waals surface area contributed by atoms with E-state index in [4.69, 9.17) is 4.42 Å². The van der Waals surface area contributed by atoms with Crippen molar-refractivity contribution >= 4 is 0 Å². The highest BCUT2D eigenvalue weighted by molar-refractivity contribution is 4.97. The summed E-state index contributed by atoms with van der Waals surface area (Å²) in [5.74, 6) is 0.999. The van der Waals surface area contributed by atoms with Crippen LogP contribution in [0.4, 0.5) is 0 Å². The first-order valence-corrected chi connectivity index (χ1v) is 5.13. The van der Waals surface area contributed by atoms with Gasteiger partial charge in [0.2, 0.25) is 0 Å². The lowest BCUT2D eigenvalue weighted by Gasteiger charge is -2.22. The lowest BCUT2D eigenvalue weighted by molar-refractivity contribution is 0.273. The maximum Gasteiger partial charge on any atom is 0.117 e. The van der Waals surface area contributed by atoms with Crippen LogP contribution in [0.1, 0.15) is 19.1 Å². The van der Waals surface area contributed by atoms with Crippen molar-refractivity contribution in [3.05, 3.63) is 24.2 Å². The van der Waals surface area contributed by atoms with Crippen LogP contribution >= 0.6 is 0 Å². The SMILES string of the molecule is CCC(CNCc1ccco1)N(C)C. The summed E-state index contributed by atoms with van der Waals surface area (Å²) in [5.41, 5.74) is 0. The zero-order valence-corrected chi connectivity index (χ0v) is 9.29. The Balaban J connectivity index is 2.20. The van der Waals surface area contributed by atoms with E-state index in [0.29, 0.717) is 6.04 Å². The van der Waals surface area contributed by atoms with Crippen LogP contribution in [-0.4, -0.2) is 31.6 Å². The van der Waals surface area contributed by atoms with Gasteiger partial charge in [-0.2, -0.15) is 0 Å². The zero-order valence-electron chi connectivity index (χ0n) is 9.29. The van der Waals surface area contributed by atoms with Crippen molar-refractivity contribution in [1.82, 2.24) is 10.2 Å². The van der Waals surface area contributed by atoms with Gasteiger partial charge in [-0.1, -0.05) is 6.92 Å². The summed E-state index contributed by atoms with van der Waals surface area (Å²) in [6.07, 6.45) is 2.87. The van der Waals surface area contributed by atoms with Gasteiger partial charge in [0.1, 0.15) is 5.76 Å². The molecule has 1 aromatic heterocycles. The van der Waals surface area contributed by atoms with Crippen molar-refractivity contribution in [3.8, 4) is 0 Å². The first kappa shape index (κ1) is 11.3. The van der Waals surface area contributed by atoms with Gasteiger partial charge in [-0.25, -0.2) is 0 Å². The monoisotopic (exact) mass is 196 g/mol. The Morgan fingerprint density at radius 2 is 2.29 bits per heavy atom. The predicted octanol–water partition coefficient (Wildman–Crippen LogP) is 1.71. The molecule has 1 N–H and O–H groups in total. The molecule has 0 amide bonds. The number of hydrogen-bond acceptors (Lipinski definition) is 3. The van der Waals surface area contributed by atoms with E-state index in [0.717, 1.165) is 25.3 Å². The molecule has 0 bridgehead atoms. The van der Waals surface area contributed by atoms with Crippen molar-refractivity contribution < 1.29 is 4.42 Å². The Morgan fingerprint density at radius 1 is 1.50 bits per heavy atom. The van der Waals surface area contributed by atoms with Gasteiger partial charge < -0.3 is 14.6 Å². The Hall–Kier alpha value is -0.800. The summed E-state index contributed by atoms with van der Waals surface area (Å²) < 4.78 is 5.23. The molecule has 1 aromatic rings. The van der Waals surface area contributed by atoms with E-state index in [1.165, 1.54) is 0 Å². The number of furan rings is 1. The molecule has 0 radical (unpaired) electrons. The number of nitrogens with zero attached hydrogens (tertiary/aromatic N) is 1. The molecular formula is C11H20N2O. The van der Waals surface area contributed by atoms with Gasteiger partial charge in [0.25, 0.3) is 0 Å². The third-order valence-corrected chi connectivity index (χ3v) is 2.46. The maximum absolute atomic E-state index is 5.23. The average Bonchev–Trinajstić information content (AvgIpc) is 2.64. The molecule has 1 unspecified atom stereocenters. The highest BCUT2D eigenvalue weighted by Crippen LogP contribution is 2.00. The molecule has 3 heteroatoms. The summed E-state index contributed by atoms with van der Waals surface area (Å²) in [6, 6.07) is 4.51. The van der Waals surface area contributed by atoms with Crippen molar-refractivity contribution in [2.45, 2.75) is 25.9 Å². The van der Waals surface area contributed by atoms with E-state index in [1.807, 2.05) is 12.1 Å². The van der Waals surface area contributed by atoms with Crippen LogP contribution in [0.3, 0.4) is 0 Å².